The maximum absolute atomic E-state index is 5.58. The second-order valence-corrected chi connectivity index (χ2v) is 3.74. The van der Waals surface area contributed by atoms with E-state index in [0.29, 0.717) is 6.54 Å². The first kappa shape index (κ1) is 9.28. The Morgan fingerprint density at radius 3 is 2.71 bits per heavy atom. The second-order valence-electron chi connectivity index (χ2n) is 3.74. The van der Waals surface area contributed by atoms with Crippen LogP contribution in [0.3, 0.4) is 0 Å². The molecule has 0 radical (unpaired) electrons. The lowest BCUT2D eigenvalue weighted by Crippen LogP contribution is -2.09. The van der Waals surface area contributed by atoms with E-state index in [2.05, 4.69) is 42.8 Å². The van der Waals surface area contributed by atoms with E-state index < -0.39 is 0 Å². The van der Waals surface area contributed by atoms with Gasteiger partial charge in [0.2, 0.25) is 0 Å². The molecule has 2 N–H and O–H groups in total. The summed E-state index contributed by atoms with van der Waals surface area (Å²) < 4.78 is 2.23. The van der Waals surface area contributed by atoms with E-state index in [4.69, 9.17) is 5.73 Å². The highest BCUT2D eigenvalue weighted by Crippen LogP contribution is 2.22. The van der Waals surface area contributed by atoms with Crippen LogP contribution in [-0.4, -0.2) is 11.1 Å². The number of nitrogens with zero attached hydrogens (tertiary/aromatic N) is 1. The third-order valence-corrected chi connectivity index (χ3v) is 2.82. The normalized spacial score (nSPS) is 11.1. The van der Waals surface area contributed by atoms with Crippen LogP contribution in [0.25, 0.3) is 10.9 Å². The number of aromatic nitrogens is 1. The van der Waals surface area contributed by atoms with Crippen LogP contribution < -0.4 is 5.73 Å². The molecule has 0 aliphatic heterocycles. The summed E-state index contributed by atoms with van der Waals surface area (Å²) in [5.74, 6) is 0. The van der Waals surface area contributed by atoms with E-state index in [1.54, 1.807) is 0 Å². The Morgan fingerprint density at radius 2 is 2.00 bits per heavy atom. The first-order chi connectivity index (χ1) is 6.74. The fraction of sp³-hybridized carbons (Fsp3) is 0.333. The topological polar surface area (TPSA) is 30.9 Å². The van der Waals surface area contributed by atoms with Crippen LogP contribution in [0, 0.1) is 13.8 Å². The average Bonchev–Trinajstić information content (AvgIpc) is 2.57. The summed E-state index contributed by atoms with van der Waals surface area (Å²) in [6.45, 7) is 5.91. The van der Waals surface area contributed by atoms with E-state index in [9.17, 15) is 0 Å². The molecule has 2 rings (SSSR count). The Hall–Kier alpha value is -1.28. The van der Waals surface area contributed by atoms with Crippen molar-refractivity contribution in [3.05, 3.63) is 35.5 Å². The molecule has 2 aromatic rings. The molecule has 2 nitrogen and oxygen atoms in total. The largest absolute Gasteiger partial charge is 0.346 e. The van der Waals surface area contributed by atoms with Gasteiger partial charge in [-0.25, -0.2) is 0 Å². The van der Waals surface area contributed by atoms with Gasteiger partial charge in [-0.1, -0.05) is 12.1 Å². The smallest absolute Gasteiger partial charge is 0.0513 e. The van der Waals surface area contributed by atoms with Gasteiger partial charge in [-0.3, -0.25) is 0 Å². The van der Waals surface area contributed by atoms with Gasteiger partial charge < -0.3 is 10.3 Å². The van der Waals surface area contributed by atoms with Gasteiger partial charge in [-0.15, -0.1) is 0 Å². The van der Waals surface area contributed by atoms with Crippen LogP contribution in [-0.2, 0) is 6.54 Å². The molecular formula is C12H16N2. The van der Waals surface area contributed by atoms with Gasteiger partial charge in [0.15, 0.2) is 0 Å². The number of aryl methyl sites for hydroxylation is 2. The SMILES string of the molecule is Cc1ccc2ccn(CCN)c2c1C. The number of rotatable bonds is 2. The van der Waals surface area contributed by atoms with Crippen molar-refractivity contribution in [2.75, 3.05) is 6.54 Å². The van der Waals surface area contributed by atoms with Crippen LogP contribution >= 0.6 is 0 Å². The molecule has 2 heteroatoms. The Morgan fingerprint density at radius 1 is 1.21 bits per heavy atom. The molecule has 0 aliphatic carbocycles. The molecule has 1 aromatic carbocycles. The molecule has 1 aromatic heterocycles. The number of hydrogen-bond donors (Lipinski definition) is 1. The number of benzene rings is 1. The van der Waals surface area contributed by atoms with Crippen molar-refractivity contribution in [2.24, 2.45) is 5.73 Å². The molecule has 0 unspecified atom stereocenters. The zero-order valence-corrected chi connectivity index (χ0v) is 8.75. The van der Waals surface area contributed by atoms with E-state index in [-0.39, 0.29) is 0 Å². The molecule has 0 amide bonds. The molecule has 0 aliphatic rings. The van der Waals surface area contributed by atoms with Crippen molar-refractivity contribution in [3.63, 3.8) is 0 Å². The molecule has 74 valence electrons. The molecule has 0 saturated carbocycles. The molecule has 0 saturated heterocycles. The van der Waals surface area contributed by atoms with E-state index >= 15 is 0 Å². The Kier molecular flexibility index (Phi) is 2.30. The van der Waals surface area contributed by atoms with Crippen LogP contribution in [0.5, 0.6) is 0 Å². The second kappa shape index (κ2) is 3.46. The lowest BCUT2D eigenvalue weighted by atomic mass is 10.1. The van der Waals surface area contributed by atoms with E-state index in [0.717, 1.165) is 6.54 Å². The summed E-state index contributed by atoms with van der Waals surface area (Å²) >= 11 is 0. The Balaban J connectivity index is 2.69. The van der Waals surface area contributed by atoms with Crippen LogP contribution in [0.15, 0.2) is 24.4 Å². The van der Waals surface area contributed by atoms with Gasteiger partial charge >= 0.3 is 0 Å². The fourth-order valence-electron chi connectivity index (χ4n) is 1.91. The third kappa shape index (κ3) is 1.32. The van der Waals surface area contributed by atoms with Gasteiger partial charge in [-0.2, -0.15) is 0 Å². The highest BCUT2D eigenvalue weighted by molar-refractivity contribution is 5.84. The fourth-order valence-corrected chi connectivity index (χ4v) is 1.91. The van der Waals surface area contributed by atoms with Crippen molar-refractivity contribution in [1.82, 2.24) is 4.57 Å². The summed E-state index contributed by atoms with van der Waals surface area (Å²) in [4.78, 5) is 0. The molecule has 0 fully saturated rings. The summed E-state index contributed by atoms with van der Waals surface area (Å²) in [7, 11) is 0. The zero-order chi connectivity index (χ0) is 10.1. The first-order valence-corrected chi connectivity index (χ1v) is 4.99. The van der Waals surface area contributed by atoms with Crippen molar-refractivity contribution >= 4 is 10.9 Å². The maximum Gasteiger partial charge on any atom is 0.0513 e. The predicted molar refractivity (Wildman–Crippen MR) is 60.5 cm³/mol. The number of fused-ring (bicyclic) bond motifs is 1. The third-order valence-electron chi connectivity index (χ3n) is 2.82. The highest BCUT2D eigenvalue weighted by Gasteiger charge is 2.04. The number of nitrogens with two attached hydrogens (primary N) is 1. The minimum Gasteiger partial charge on any atom is -0.346 e. The van der Waals surface area contributed by atoms with Crippen molar-refractivity contribution in [2.45, 2.75) is 20.4 Å². The van der Waals surface area contributed by atoms with E-state index in [1.807, 2.05) is 0 Å². The summed E-state index contributed by atoms with van der Waals surface area (Å²) in [6, 6.07) is 6.49. The Labute approximate surface area is 84.3 Å². The number of hydrogen-bond acceptors (Lipinski definition) is 1. The lowest BCUT2D eigenvalue weighted by Gasteiger charge is -2.07. The first-order valence-electron chi connectivity index (χ1n) is 4.99. The minimum absolute atomic E-state index is 0.692. The molecule has 0 spiro atoms. The summed E-state index contributed by atoms with van der Waals surface area (Å²) in [5, 5.41) is 1.31. The Bertz CT molecular complexity index is 455. The van der Waals surface area contributed by atoms with Crippen molar-refractivity contribution < 1.29 is 0 Å². The predicted octanol–water partition coefficient (Wildman–Crippen LogP) is 2.22. The summed E-state index contributed by atoms with van der Waals surface area (Å²) in [5.41, 5.74) is 9.61. The van der Waals surface area contributed by atoms with Gasteiger partial charge in [0.1, 0.15) is 0 Å². The van der Waals surface area contributed by atoms with Crippen LogP contribution in [0.4, 0.5) is 0 Å². The van der Waals surface area contributed by atoms with Crippen molar-refractivity contribution in [3.8, 4) is 0 Å². The summed E-state index contributed by atoms with van der Waals surface area (Å²) in [6.07, 6.45) is 2.12. The average molecular weight is 188 g/mol. The van der Waals surface area contributed by atoms with Gasteiger partial charge in [0.05, 0.1) is 5.52 Å². The zero-order valence-electron chi connectivity index (χ0n) is 8.75. The highest BCUT2D eigenvalue weighted by atomic mass is 15.0. The lowest BCUT2D eigenvalue weighted by molar-refractivity contribution is 0.734. The van der Waals surface area contributed by atoms with Gasteiger partial charge in [0.25, 0.3) is 0 Å². The minimum atomic E-state index is 0.692. The molecule has 1 heterocycles. The van der Waals surface area contributed by atoms with Crippen LogP contribution in [0.2, 0.25) is 0 Å². The monoisotopic (exact) mass is 188 g/mol. The maximum atomic E-state index is 5.58. The van der Waals surface area contributed by atoms with Gasteiger partial charge in [-0.05, 0) is 36.4 Å². The van der Waals surface area contributed by atoms with Crippen molar-refractivity contribution in [1.29, 1.82) is 0 Å². The van der Waals surface area contributed by atoms with E-state index in [1.165, 1.54) is 22.0 Å². The quantitative estimate of drug-likeness (QED) is 0.769. The van der Waals surface area contributed by atoms with Crippen LogP contribution in [0.1, 0.15) is 11.1 Å². The molecule has 0 bridgehead atoms. The molecule has 14 heavy (non-hydrogen) atoms. The standard InChI is InChI=1S/C12H16N2/c1-9-3-4-11-5-7-14(8-6-13)12(11)10(9)2/h3-5,7H,6,8,13H2,1-2H3. The molecular weight excluding hydrogens is 172 g/mol. The van der Waals surface area contributed by atoms with Gasteiger partial charge in [0, 0.05) is 19.3 Å². The molecule has 0 atom stereocenters.